The number of nitrogens with zero attached hydrogens (tertiary/aromatic N) is 3. The summed E-state index contributed by atoms with van der Waals surface area (Å²) in [6.07, 6.45) is 12.9. The van der Waals surface area contributed by atoms with Crippen LogP contribution in [-0.2, 0) is 4.79 Å². The first kappa shape index (κ1) is 14.3. The molecule has 1 atom stereocenters. The fourth-order valence-corrected chi connectivity index (χ4v) is 3.34. The van der Waals surface area contributed by atoms with Crippen LogP contribution in [0, 0.1) is 5.92 Å². The summed E-state index contributed by atoms with van der Waals surface area (Å²) in [6.45, 7) is 1.48. The molecule has 0 aromatic carbocycles. The van der Waals surface area contributed by atoms with Gasteiger partial charge < -0.3 is 9.64 Å². The quantitative estimate of drug-likeness (QED) is 0.854. The second-order valence-electron chi connectivity index (χ2n) is 6.12. The van der Waals surface area contributed by atoms with E-state index in [2.05, 4.69) is 9.97 Å². The molecule has 114 valence electrons. The molecule has 0 radical (unpaired) electrons. The lowest BCUT2D eigenvalue weighted by molar-refractivity contribution is -0.131. The topological polar surface area (TPSA) is 55.3 Å². The molecule has 5 heteroatoms. The van der Waals surface area contributed by atoms with Gasteiger partial charge in [-0.05, 0) is 18.8 Å². The van der Waals surface area contributed by atoms with E-state index in [1.54, 1.807) is 18.6 Å². The summed E-state index contributed by atoms with van der Waals surface area (Å²) in [6, 6.07) is 0. The summed E-state index contributed by atoms with van der Waals surface area (Å²) in [4.78, 5) is 22.4. The predicted octanol–water partition coefficient (Wildman–Crippen LogP) is 2.43. The second kappa shape index (κ2) is 6.87. The molecule has 5 nitrogen and oxygen atoms in total. The fraction of sp³-hybridized carbons (Fsp3) is 0.688. The Balaban J connectivity index is 1.46. The molecule has 1 saturated carbocycles. The number of rotatable bonds is 4. The monoisotopic (exact) mass is 289 g/mol. The zero-order valence-corrected chi connectivity index (χ0v) is 12.4. The molecule has 3 rings (SSSR count). The van der Waals surface area contributed by atoms with Crippen LogP contribution in [0.2, 0.25) is 0 Å². The largest absolute Gasteiger partial charge is 0.471 e. The van der Waals surface area contributed by atoms with Gasteiger partial charge in [0.15, 0.2) is 0 Å². The van der Waals surface area contributed by atoms with Crippen LogP contribution in [0.15, 0.2) is 18.6 Å². The molecular formula is C16H23N3O2. The standard InChI is InChI=1S/C16H23N3O2/c20-16(10-13-4-2-1-3-5-13)19-9-6-14(12-19)21-15-11-17-7-8-18-15/h7-8,11,13-14H,1-6,9-10,12H2. The maximum Gasteiger partial charge on any atom is 0.232 e. The molecule has 0 spiro atoms. The van der Waals surface area contributed by atoms with Gasteiger partial charge in [-0.25, -0.2) is 4.98 Å². The molecule has 1 amide bonds. The van der Waals surface area contributed by atoms with Gasteiger partial charge in [-0.3, -0.25) is 9.78 Å². The molecule has 1 aliphatic heterocycles. The molecule has 0 N–H and O–H groups in total. The van der Waals surface area contributed by atoms with Gasteiger partial charge in [0.2, 0.25) is 11.8 Å². The van der Waals surface area contributed by atoms with Crippen LogP contribution in [0.5, 0.6) is 5.88 Å². The number of hydrogen-bond acceptors (Lipinski definition) is 4. The Morgan fingerprint density at radius 1 is 1.24 bits per heavy atom. The van der Waals surface area contributed by atoms with Crippen LogP contribution in [-0.4, -0.2) is 40.0 Å². The molecule has 2 fully saturated rings. The van der Waals surface area contributed by atoms with E-state index in [0.717, 1.165) is 19.4 Å². The van der Waals surface area contributed by atoms with Crippen molar-refractivity contribution in [3.63, 3.8) is 0 Å². The molecule has 1 unspecified atom stereocenters. The average Bonchev–Trinajstić information content (AvgIpc) is 2.98. The Morgan fingerprint density at radius 3 is 2.86 bits per heavy atom. The Hall–Kier alpha value is -1.65. The van der Waals surface area contributed by atoms with E-state index in [0.29, 0.717) is 24.2 Å². The predicted molar refractivity (Wildman–Crippen MR) is 78.8 cm³/mol. The maximum absolute atomic E-state index is 12.4. The summed E-state index contributed by atoms with van der Waals surface area (Å²) in [5.74, 6) is 1.45. The number of likely N-dealkylation sites (tertiary alicyclic amines) is 1. The number of carbonyl (C=O) groups excluding carboxylic acids is 1. The van der Waals surface area contributed by atoms with Crippen molar-refractivity contribution in [2.75, 3.05) is 13.1 Å². The first-order valence-corrected chi connectivity index (χ1v) is 8.02. The summed E-state index contributed by atoms with van der Waals surface area (Å²) in [5.41, 5.74) is 0. The van der Waals surface area contributed by atoms with Crippen LogP contribution in [0.3, 0.4) is 0 Å². The molecule has 1 saturated heterocycles. The third-order valence-corrected chi connectivity index (χ3v) is 4.51. The van der Waals surface area contributed by atoms with Crippen LogP contribution in [0.25, 0.3) is 0 Å². The van der Waals surface area contributed by atoms with Gasteiger partial charge in [0.1, 0.15) is 6.10 Å². The van der Waals surface area contributed by atoms with Crippen molar-refractivity contribution < 1.29 is 9.53 Å². The third kappa shape index (κ3) is 3.93. The molecule has 1 aliphatic carbocycles. The van der Waals surface area contributed by atoms with Gasteiger partial charge in [0.25, 0.3) is 0 Å². The number of ether oxygens (including phenoxy) is 1. The minimum atomic E-state index is 0.0528. The first-order chi connectivity index (χ1) is 10.3. The zero-order chi connectivity index (χ0) is 14.5. The molecule has 1 aromatic rings. The van der Waals surface area contributed by atoms with E-state index in [9.17, 15) is 4.79 Å². The van der Waals surface area contributed by atoms with Gasteiger partial charge in [-0.15, -0.1) is 0 Å². The zero-order valence-electron chi connectivity index (χ0n) is 12.4. The average molecular weight is 289 g/mol. The first-order valence-electron chi connectivity index (χ1n) is 8.02. The van der Waals surface area contributed by atoms with E-state index in [1.165, 1.54) is 32.1 Å². The normalized spacial score (nSPS) is 23.2. The molecule has 2 heterocycles. The Bertz CT molecular complexity index is 460. The Morgan fingerprint density at radius 2 is 2.10 bits per heavy atom. The highest BCUT2D eigenvalue weighted by atomic mass is 16.5. The van der Waals surface area contributed by atoms with Crippen molar-refractivity contribution in [1.82, 2.24) is 14.9 Å². The van der Waals surface area contributed by atoms with Crippen molar-refractivity contribution in [2.45, 2.75) is 51.0 Å². The van der Waals surface area contributed by atoms with Crippen LogP contribution in [0.1, 0.15) is 44.9 Å². The van der Waals surface area contributed by atoms with Crippen molar-refractivity contribution in [1.29, 1.82) is 0 Å². The number of carbonyl (C=O) groups is 1. The van der Waals surface area contributed by atoms with Crippen molar-refractivity contribution in [3.8, 4) is 5.88 Å². The second-order valence-corrected chi connectivity index (χ2v) is 6.12. The summed E-state index contributed by atoms with van der Waals surface area (Å²) >= 11 is 0. The molecular weight excluding hydrogens is 266 g/mol. The Kier molecular flexibility index (Phi) is 4.68. The molecule has 1 aromatic heterocycles. The van der Waals surface area contributed by atoms with Crippen molar-refractivity contribution in [2.24, 2.45) is 5.92 Å². The van der Waals surface area contributed by atoms with Gasteiger partial charge in [-0.1, -0.05) is 19.3 Å². The molecule has 2 aliphatic rings. The number of amides is 1. The van der Waals surface area contributed by atoms with E-state index in [-0.39, 0.29) is 6.10 Å². The van der Waals surface area contributed by atoms with Gasteiger partial charge in [0, 0.05) is 31.8 Å². The van der Waals surface area contributed by atoms with Gasteiger partial charge >= 0.3 is 0 Å². The maximum atomic E-state index is 12.4. The number of hydrogen-bond donors (Lipinski definition) is 0. The molecule has 21 heavy (non-hydrogen) atoms. The van der Waals surface area contributed by atoms with E-state index < -0.39 is 0 Å². The van der Waals surface area contributed by atoms with E-state index in [1.807, 2.05) is 4.90 Å². The minimum absolute atomic E-state index is 0.0528. The summed E-state index contributed by atoms with van der Waals surface area (Å²) < 4.78 is 5.78. The highest BCUT2D eigenvalue weighted by molar-refractivity contribution is 5.76. The van der Waals surface area contributed by atoms with Crippen molar-refractivity contribution >= 4 is 5.91 Å². The lowest BCUT2D eigenvalue weighted by atomic mass is 9.87. The van der Waals surface area contributed by atoms with E-state index in [4.69, 9.17) is 4.74 Å². The summed E-state index contributed by atoms with van der Waals surface area (Å²) in [5, 5.41) is 0. The lowest BCUT2D eigenvalue weighted by Crippen LogP contribution is -2.32. The lowest BCUT2D eigenvalue weighted by Gasteiger charge is -2.24. The van der Waals surface area contributed by atoms with Gasteiger partial charge in [0.05, 0.1) is 12.7 Å². The van der Waals surface area contributed by atoms with Gasteiger partial charge in [-0.2, -0.15) is 0 Å². The number of aromatic nitrogens is 2. The third-order valence-electron chi connectivity index (χ3n) is 4.51. The van der Waals surface area contributed by atoms with E-state index >= 15 is 0 Å². The minimum Gasteiger partial charge on any atom is -0.471 e. The van der Waals surface area contributed by atoms with Crippen LogP contribution in [0.4, 0.5) is 0 Å². The van der Waals surface area contributed by atoms with Crippen molar-refractivity contribution in [3.05, 3.63) is 18.6 Å². The Labute approximate surface area is 125 Å². The molecule has 0 bridgehead atoms. The highest BCUT2D eigenvalue weighted by Crippen LogP contribution is 2.27. The smallest absolute Gasteiger partial charge is 0.232 e. The van der Waals surface area contributed by atoms with Crippen LogP contribution < -0.4 is 4.74 Å². The fourth-order valence-electron chi connectivity index (χ4n) is 3.34. The highest BCUT2D eigenvalue weighted by Gasteiger charge is 2.29. The summed E-state index contributed by atoms with van der Waals surface area (Å²) in [7, 11) is 0. The SMILES string of the molecule is O=C(CC1CCCCC1)N1CCC(Oc2cnccn2)C1. The van der Waals surface area contributed by atoms with Crippen LogP contribution >= 0.6 is 0 Å².